The first-order chi connectivity index (χ1) is 6.24. The first-order valence-corrected chi connectivity index (χ1v) is 5.75. The standard InChI is InChI=1S/C11H12S2/c1-3-8-5-4-7(2)11-10(8)9(12)6-13-11/h4-6,12H,3H2,1-2H3. The lowest BCUT2D eigenvalue weighted by atomic mass is 10.1. The van der Waals surface area contributed by atoms with Crippen LogP contribution in [0, 0.1) is 6.92 Å². The number of benzene rings is 1. The zero-order chi connectivity index (χ0) is 9.42. The van der Waals surface area contributed by atoms with E-state index in [0.717, 1.165) is 11.3 Å². The monoisotopic (exact) mass is 208 g/mol. The Morgan fingerprint density at radius 2 is 2.15 bits per heavy atom. The van der Waals surface area contributed by atoms with Gasteiger partial charge >= 0.3 is 0 Å². The molecule has 1 heterocycles. The Balaban J connectivity index is 2.88. The molecule has 2 aromatic rings. The van der Waals surface area contributed by atoms with Crippen LogP contribution in [0.25, 0.3) is 10.1 Å². The van der Waals surface area contributed by atoms with Crippen molar-refractivity contribution >= 4 is 34.1 Å². The summed E-state index contributed by atoms with van der Waals surface area (Å²) in [4.78, 5) is 1.13. The third kappa shape index (κ3) is 1.38. The van der Waals surface area contributed by atoms with Gasteiger partial charge in [-0.15, -0.1) is 24.0 Å². The quantitative estimate of drug-likeness (QED) is 0.671. The fourth-order valence-electron chi connectivity index (χ4n) is 1.63. The number of hydrogen-bond acceptors (Lipinski definition) is 2. The second-order valence-corrected chi connectivity index (χ2v) is 4.58. The number of thiophene rings is 1. The highest BCUT2D eigenvalue weighted by atomic mass is 32.1. The van der Waals surface area contributed by atoms with Gasteiger partial charge in [-0.05, 0) is 24.5 Å². The van der Waals surface area contributed by atoms with Gasteiger partial charge in [-0.2, -0.15) is 0 Å². The Kier molecular flexibility index (Phi) is 2.35. The Hall–Kier alpha value is -0.470. The van der Waals surface area contributed by atoms with Crippen molar-refractivity contribution in [3.8, 4) is 0 Å². The van der Waals surface area contributed by atoms with E-state index in [2.05, 4.69) is 44.0 Å². The average Bonchev–Trinajstić information content (AvgIpc) is 2.51. The first kappa shape index (κ1) is 9.10. The van der Waals surface area contributed by atoms with Crippen molar-refractivity contribution in [1.29, 1.82) is 0 Å². The number of fused-ring (bicyclic) bond motifs is 1. The first-order valence-electron chi connectivity index (χ1n) is 4.42. The molecule has 0 amide bonds. The molecule has 0 radical (unpaired) electrons. The summed E-state index contributed by atoms with van der Waals surface area (Å²) >= 11 is 6.28. The maximum absolute atomic E-state index is 4.48. The van der Waals surface area contributed by atoms with Gasteiger partial charge < -0.3 is 0 Å². The van der Waals surface area contributed by atoms with E-state index in [9.17, 15) is 0 Å². The molecule has 0 spiro atoms. The summed E-state index contributed by atoms with van der Waals surface area (Å²) in [5.74, 6) is 0. The van der Waals surface area contributed by atoms with E-state index >= 15 is 0 Å². The van der Waals surface area contributed by atoms with Crippen LogP contribution in [0.3, 0.4) is 0 Å². The normalized spacial score (nSPS) is 11.0. The summed E-state index contributed by atoms with van der Waals surface area (Å²) in [5.41, 5.74) is 2.77. The number of aryl methyl sites for hydroxylation is 2. The summed E-state index contributed by atoms with van der Waals surface area (Å²) in [5, 5.41) is 3.48. The largest absolute Gasteiger partial charge is 0.142 e. The van der Waals surface area contributed by atoms with Crippen LogP contribution in [-0.2, 0) is 6.42 Å². The van der Waals surface area contributed by atoms with E-state index in [1.165, 1.54) is 21.2 Å². The van der Waals surface area contributed by atoms with Crippen molar-refractivity contribution in [2.75, 3.05) is 0 Å². The van der Waals surface area contributed by atoms with Gasteiger partial charge in [-0.1, -0.05) is 19.1 Å². The molecule has 2 rings (SSSR count). The summed E-state index contributed by atoms with van der Waals surface area (Å²) in [6.07, 6.45) is 1.08. The second-order valence-electron chi connectivity index (χ2n) is 3.22. The van der Waals surface area contributed by atoms with Crippen LogP contribution in [-0.4, -0.2) is 0 Å². The molecule has 2 heteroatoms. The van der Waals surface area contributed by atoms with E-state index in [-0.39, 0.29) is 0 Å². The molecule has 0 saturated heterocycles. The van der Waals surface area contributed by atoms with Gasteiger partial charge in [0, 0.05) is 20.4 Å². The minimum absolute atomic E-state index is 1.08. The molecular formula is C11H12S2. The molecule has 0 unspecified atom stereocenters. The topological polar surface area (TPSA) is 0 Å². The van der Waals surface area contributed by atoms with Crippen molar-refractivity contribution in [1.82, 2.24) is 0 Å². The summed E-state index contributed by atoms with van der Waals surface area (Å²) in [7, 11) is 0. The molecule has 0 saturated carbocycles. The van der Waals surface area contributed by atoms with E-state index in [4.69, 9.17) is 0 Å². The second kappa shape index (κ2) is 3.35. The van der Waals surface area contributed by atoms with Gasteiger partial charge in [0.15, 0.2) is 0 Å². The lowest BCUT2D eigenvalue weighted by Crippen LogP contribution is -1.83. The smallest absolute Gasteiger partial charge is 0.0386 e. The Bertz CT molecular complexity index is 441. The van der Waals surface area contributed by atoms with Crippen LogP contribution < -0.4 is 0 Å². The van der Waals surface area contributed by atoms with Crippen LogP contribution in [0.1, 0.15) is 18.1 Å². The molecule has 0 N–H and O–H groups in total. The summed E-state index contributed by atoms with van der Waals surface area (Å²) < 4.78 is 1.39. The van der Waals surface area contributed by atoms with Crippen LogP contribution in [0.2, 0.25) is 0 Å². The van der Waals surface area contributed by atoms with Gasteiger partial charge in [0.05, 0.1) is 0 Å². The molecule has 0 atom stereocenters. The van der Waals surface area contributed by atoms with E-state index in [1.54, 1.807) is 11.3 Å². The molecule has 0 nitrogen and oxygen atoms in total. The van der Waals surface area contributed by atoms with Crippen molar-refractivity contribution in [2.45, 2.75) is 25.2 Å². The van der Waals surface area contributed by atoms with E-state index in [1.807, 2.05) is 0 Å². The summed E-state index contributed by atoms with van der Waals surface area (Å²) in [6.45, 7) is 4.35. The third-order valence-electron chi connectivity index (χ3n) is 2.37. The SMILES string of the molecule is CCc1ccc(C)c2scc(S)c12. The van der Waals surface area contributed by atoms with Crippen molar-refractivity contribution in [2.24, 2.45) is 0 Å². The molecule has 0 aliphatic heterocycles. The third-order valence-corrected chi connectivity index (χ3v) is 4.01. The van der Waals surface area contributed by atoms with Crippen molar-refractivity contribution in [3.63, 3.8) is 0 Å². The van der Waals surface area contributed by atoms with Gasteiger partial charge in [-0.25, -0.2) is 0 Å². The lowest BCUT2D eigenvalue weighted by molar-refractivity contribution is 1.15. The van der Waals surface area contributed by atoms with Gasteiger partial charge in [0.2, 0.25) is 0 Å². The predicted molar refractivity (Wildman–Crippen MR) is 63.2 cm³/mol. The van der Waals surface area contributed by atoms with Gasteiger partial charge in [0.1, 0.15) is 0 Å². The molecule has 0 fully saturated rings. The van der Waals surface area contributed by atoms with Gasteiger partial charge in [0.25, 0.3) is 0 Å². The average molecular weight is 208 g/mol. The molecule has 0 bridgehead atoms. The minimum atomic E-state index is 1.08. The van der Waals surface area contributed by atoms with Crippen molar-refractivity contribution < 1.29 is 0 Å². The highest BCUT2D eigenvalue weighted by Gasteiger charge is 2.06. The number of thiol groups is 1. The van der Waals surface area contributed by atoms with E-state index in [0.29, 0.717) is 0 Å². The Morgan fingerprint density at radius 1 is 1.38 bits per heavy atom. The predicted octanol–water partition coefficient (Wildman–Crippen LogP) is 4.06. The lowest BCUT2D eigenvalue weighted by Gasteiger charge is -2.02. The Morgan fingerprint density at radius 3 is 2.85 bits per heavy atom. The molecule has 1 aromatic heterocycles. The minimum Gasteiger partial charge on any atom is -0.142 e. The zero-order valence-electron chi connectivity index (χ0n) is 7.79. The van der Waals surface area contributed by atoms with Crippen molar-refractivity contribution in [3.05, 3.63) is 28.6 Å². The zero-order valence-corrected chi connectivity index (χ0v) is 9.51. The molecular weight excluding hydrogens is 196 g/mol. The molecule has 0 aliphatic carbocycles. The highest BCUT2D eigenvalue weighted by molar-refractivity contribution is 7.80. The maximum Gasteiger partial charge on any atom is 0.0386 e. The molecule has 13 heavy (non-hydrogen) atoms. The van der Waals surface area contributed by atoms with Crippen LogP contribution in [0.4, 0.5) is 0 Å². The maximum atomic E-state index is 4.48. The van der Waals surface area contributed by atoms with Crippen LogP contribution >= 0.6 is 24.0 Å². The fourth-order valence-corrected chi connectivity index (χ4v) is 3.08. The van der Waals surface area contributed by atoms with Crippen LogP contribution in [0.5, 0.6) is 0 Å². The highest BCUT2D eigenvalue weighted by Crippen LogP contribution is 2.33. The van der Waals surface area contributed by atoms with Gasteiger partial charge in [-0.3, -0.25) is 0 Å². The van der Waals surface area contributed by atoms with Crippen LogP contribution in [0.15, 0.2) is 22.4 Å². The van der Waals surface area contributed by atoms with E-state index < -0.39 is 0 Å². The number of rotatable bonds is 1. The Labute approximate surface area is 88.0 Å². The summed E-state index contributed by atoms with van der Waals surface area (Å²) in [6, 6.07) is 4.41. The number of hydrogen-bond donors (Lipinski definition) is 1. The fraction of sp³-hybridized carbons (Fsp3) is 0.273. The molecule has 68 valence electrons. The molecule has 1 aromatic carbocycles. The molecule has 0 aliphatic rings.